The van der Waals surface area contributed by atoms with Gasteiger partial charge in [-0.3, -0.25) is 4.79 Å². The van der Waals surface area contributed by atoms with Crippen molar-refractivity contribution in [1.29, 1.82) is 0 Å². The van der Waals surface area contributed by atoms with E-state index < -0.39 is 0 Å². The molecule has 2 aromatic rings. The molecule has 21 heavy (non-hydrogen) atoms. The number of esters is 1. The lowest BCUT2D eigenvalue weighted by atomic mass is 10.2. The average molecular weight is 308 g/mol. The minimum absolute atomic E-state index is 0.0434. The summed E-state index contributed by atoms with van der Waals surface area (Å²) in [6, 6.07) is 4.60. The molecule has 1 aromatic heterocycles. The molecule has 0 saturated carbocycles. The lowest BCUT2D eigenvalue weighted by Gasteiger charge is -2.38. The molecule has 0 amide bonds. The first kappa shape index (κ1) is 14.3. The Bertz CT molecular complexity index is 652. The summed E-state index contributed by atoms with van der Waals surface area (Å²) in [6.45, 7) is 3.38. The first-order chi connectivity index (χ1) is 10.2. The maximum absolute atomic E-state index is 13.2. The van der Waals surface area contributed by atoms with Crippen molar-refractivity contribution in [3.8, 4) is 0 Å². The van der Waals surface area contributed by atoms with Gasteiger partial charge in [0.2, 0.25) is 0 Å². The summed E-state index contributed by atoms with van der Waals surface area (Å²) in [5, 5.41) is 0.858. The van der Waals surface area contributed by atoms with Crippen molar-refractivity contribution in [2.75, 3.05) is 18.0 Å². The summed E-state index contributed by atoms with van der Waals surface area (Å²) < 4.78 is 19.4. The number of benzene rings is 1. The van der Waals surface area contributed by atoms with Crippen LogP contribution in [0.2, 0.25) is 0 Å². The van der Waals surface area contributed by atoms with Crippen LogP contribution in [0.4, 0.5) is 9.52 Å². The van der Waals surface area contributed by atoms with E-state index in [4.69, 9.17) is 4.74 Å². The van der Waals surface area contributed by atoms with Crippen LogP contribution in [0.1, 0.15) is 26.2 Å². The quantitative estimate of drug-likeness (QED) is 0.794. The molecule has 2 heterocycles. The average Bonchev–Trinajstić information content (AvgIpc) is 2.82. The van der Waals surface area contributed by atoms with Crippen LogP contribution < -0.4 is 4.90 Å². The van der Waals surface area contributed by atoms with Gasteiger partial charge >= 0.3 is 5.97 Å². The second-order valence-corrected chi connectivity index (χ2v) is 6.24. The van der Waals surface area contributed by atoms with E-state index in [-0.39, 0.29) is 17.9 Å². The SMILES string of the molecule is CCCCC(=O)OC1CN(c2nc3ccc(F)cc3s2)C1. The van der Waals surface area contributed by atoms with E-state index in [1.807, 2.05) is 6.92 Å². The Morgan fingerprint density at radius 1 is 1.52 bits per heavy atom. The van der Waals surface area contributed by atoms with Crippen LogP contribution in [0.3, 0.4) is 0 Å². The van der Waals surface area contributed by atoms with E-state index in [0.29, 0.717) is 19.5 Å². The van der Waals surface area contributed by atoms with Gasteiger partial charge in [-0.05, 0) is 24.6 Å². The van der Waals surface area contributed by atoms with Gasteiger partial charge in [0, 0.05) is 6.42 Å². The topological polar surface area (TPSA) is 42.4 Å². The fourth-order valence-corrected chi connectivity index (χ4v) is 3.26. The van der Waals surface area contributed by atoms with Crippen molar-refractivity contribution >= 4 is 32.7 Å². The highest BCUT2D eigenvalue weighted by Crippen LogP contribution is 2.32. The highest BCUT2D eigenvalue weighted by atomic mass is 32.1. The maximum atomic E-state index is 13.2. The standard InChI is InChI=1S/C15H17FN2O2S/c1-2-3-4-14(19)20-11-8-18(9-11)15-17-12-6-5-10(16)7-13(12)21-15/h5-7,11H,2-4,8-9H2,1H3. The lowest BCUT2D eigenvalue weighted by molar-refractivity contribution is -0.150. The number of anilines is 1. The number of nitrogens with zero attached hydrogens (tertiary/aromatic N) is 2. The summed E-state index contributed by atoms with van der Waals surface area (Å²) >= 11 is 1.46. The molecule has 1 saturated heterocycles. The third-order valence-corrected chi connectivity index (χ3v) is 4.57. The number of hydrogen-bond donors (Lipinski definition) is 0. The first-order valence-corrected chi connectivity index (χ1v) is 7.98. The van der Waals surface area contributed by atoms with E-state index in [1.54, 1.807) is 6.07 Å². The van der Waals surface area contributed by atoms with E-state index in [9.17, 15) is 9.18 Å². The smallest absolute Gasteiger partial charge is 0.306 e. The fraction of sp³-hybridized carbons (Fsp3) is 0.467. The number of rotatable bonds is 5. The Labute approximate surface area is 126 Å². The molecular weight excluding hydrogens is 291 g/mol. The third kappa shape index (κ3) is 3.15. The monoisotopic (exact) mass is 308 g/mol. The predicted molar refractivity (Wildman–Crippen MR) is 81.2 cm³/mol. The second-order valence-electron chi connectivity index (χ2n) is 5.23. The number of ether oxygens (including phenoxy) is 1. The molecule has 0 unspecified atom stereocenters. The van der Waals surface area contributed by atoms with Crippen LogP contribution in [-0.4, -0.2) is 30.1 Å². The summed E-state index contributed by atoms with van der Waals surface area (Å²) in [4.78, 5) is 18.1. The molecule has 6 heteroatoms. The zero-order valence-corrected chi connectivity index (χ0v) is 12.7. The van der Waals surface area contributed by atoms with Crippen LogP contribution in [0, 0.1) is 5.82 Å². The predicted octanol–water partition coefficient (Wildman–Crippen LogP) is 3.36. The molecule has 0 atom stereocenters. The summed E-state index contributed by atoms with van der Waals surface area (Å²) in [7, 11) is 0. The summed E-state index contributed by atoms with van der Waals surface area (Å²) in [6.07, 6.45) is 2.32. The minimum Gasteiger partial charge on any atom is -0.459 e. The molecule has 1 fully saturated rings. The molecule has 0 N–H and O–H groups in total. The van der Waals surface area contributed by atoms with Gasteiger partial charge in [-0.1, -0.05) is 24.7 Å². The van der Waals surface area contributed by atoms with Crippen molar-refractivity contribution < 1.29 is 13.9 Å². The number of carbonyl (C=O) groups excluding carboxylic acids is 1. The molecule has 1 aliphatic heterocycles. The van der Waals surface area contributed by atoms with Gasteiger partial charge in [-0.15, -0.1) is 0 Å². The van der Waals surface area contributed by atoms with E-state index in [1.165, 1.54) is 23.5 Å². The van der Waals surface area contributed by atoms with Crippen molar-refractivity contribution in [3.63, 3.8) is 0 Å². The zero-order valence-electron chi connectivity index (χ0n) is 11.8. The van der Waals surface area contributed by atoms with Gasteiger partial charge in [-0.2, -0.15) is 0 Å². The Morgan fingerprint density at radius 3 is 3.10 bits per heavy atom. The molecule has 0 bridgehead atoms. The van der Waals surface area contributed by atoms with Crippen LogP contribution in [0.5, 0.6) is 0 Å². The van der Waals surface area contributed by atoms with E-state index >= 15 is 0 Å². The van der Waals surface area contributed by atoms with Crippen LogP contribution in [0.25, 0.3) is 10.2 Å². The van der Waals surface area contributed by atoms with Gasteiger partial charge < -0.3 is 9.64 Å². The molecule has 0 spiro atoms. The van der Waals surface area contributed by atoms with Gasteiger partial charge in [0.15, 0.2) is 5.13 Å². The van der Waals surface area contributed by atoms with Crippen molar-refractivity contribution in [3.05, 3.63) is 24.0 Å². The van der Waals surface area contributed by atoms with Crippen LogP contribution in [0.15, 0.2) is 18.2 Å². The van der Waals surface area contributed by atoms with E-state index in [0.717, 1.165) is 28.2 Å². The molecule has 0 aliphatic carbocycles. The van der Waals surface area contributed by atoms with Gasteiger partial charge in [0.25, 0.3) is 0 Å². The zero-order chi connectivity index (χ0) is 14.8. The third-order valence-electron chi connectivity index (χ3n) is 3.49. The summed E-state index contributed by atoms with van der Waals surface area (Å²) in [5.41, 5.74) is 0.805. The molecule has 3 rings (SSSR count). The Hall–Kier alpha value is -1.69. The number of hydrogen-bond acceptors (Lipinski definition) is 5. The van der Waals surface area contributed by atoms with Crippen molar-refractivity contribution in [2.24, 2.45) is 0 Å². The number of halogens is 1. The largest absolute Gasteiger partial charge is 0.459 e. The second kappa shape index (κ2) is 5.97. The van der Waals surface area contributed by atoms with Crippen molar-refractivity contribution in [1.82, 2.24) is 4.98 Å². The minimum atomic E-state index is -0.246. The fourth-order valence-electron chi connectivity index (χ4n) is 2.26. The first-order valence-electron chi connectivity index (χ1n) is 7.16. The summed E-state index contributed by atoms with van der Waals surface area (Å²) in [5.74, 6) is -0.364. The van der Waals surface area contributed by atoms with Gasteiger partial charge in [0.05, 0.1) is 23.3 Å². The highest BCUT2D eigenvalue weighted by Gasteiger charge is 2.31. The Kier molecular flexibility index (Phi) is 4.05. The molecule has 4 nitrogen and oxygen atoms in total. The van der Waals surface area contributed by atoms with Crippen molar-refractivity contribution in [2.45, 2.75) is 32.3 Å². The van der Waals surface area contributed by atoms with Crippen LogP contribution >= 0.6 is 11.3 Å². The lowest BCUT2D eigenvalue weighted by Crippen LogP contribution is -2.53. The molecule has 1 aliphatic rings. The maximum Gasteiger partial charge on any atom is 0.306 e. The number of thiazole rings is 1. The Morgan fingerprint density at radius 2 is 2.33 bits per heavy atom. The van der Waals surface area contributed by atoms with E-state index in [2.05, 4.69) is 9.88 Å². The molecular formula is C15H17FN2O2S. The number of fused-ring (bicyclic) bond motifs is 1. The highest BCUT2D eigenvalue weighted by molar-refractivity contribution is 7.22. The number of carbonyl (C=O) groups is 1. The van der Waals surface area contributed by atoms with Gasteiger partial charge in [-0.25, -0.2) is 9.37 Å². The van der Waals surface area contributed by atoms with Gasteiger partial charge in [0.1, 0.15) is 11.9 Å². The molecule has 112 valence electrons. The Balaban J connectivity index is 1.56. The number of aromatic nitrogens is 1. The normalized spacial score (nSPS) is 15.2. The molecule has 1 aromatic carbocycles. The van der Waals surface area contributed by atoms with Crippen LogP contribution in [-0.2, 0) is 9.53 Å². The number of unbranched alkanes of at least 4 members (excludes halogenated alkanes) is 1. The molecule has 0 radical (unpaired) electrons.